The molecule has 0 saturated carbocycles. The van der Waals surface area contributed by atoms with Crippen LogP contribution in [0.15, 0.2) is 36.9 Å². The van der Waals surface area contributed by atoms with Crippen LogP contribution in [0, 0.1) is 0 Å². The Labute approximate surface area is 164 Å². The van der Waals surface area contributed by atoms with E-state index in [2.05, 4.69) is 30.8 Å². The van der Waals surface area contributed by atoms with Gasteiger partial charge in [-0.15, -0.1) is 0 Å². The molecule has 0 bridgehead atoms. The molecule has 27 heavy (non-hydrogen) atoms. The van der Waals surface area contributed by atoms with E-state index in [0.717, 1.165) is 32.1 Å². The molecule has 2 nitrogen and oxygen atoms in total. The Hall–Kier alpha value is -0.896. The molecule has 0 aromatic heterocycles. The van der Waals surface area contributed by atoms with Gasteiger partial charge in [0.05, 0.1) is 0 Å². The summed E-state index contributed by atoms with van der Waals surface area (Å²) in [5.41, 5.74) is 1.25. The smallest absolute Gasteiger partial charge is 0.389 e. The van der Waals surface area contributed by atoms with Crippen molar-refractivity contribution in [2.75, 3.05) is 13.2 Å². The van der Waals surface area contributed by atoms with Crippen molar-refractivity contribution in [2.24, 2.45) is 0 Å². The van der Waals surface area contributed by atoms with Crippen LogP contribution in [0.25, 0.3) is 5.20 Å². The second kappa shape index (κ2) is 11.8. The van der Waals surface area contributed by atoms with Gasteiger partial charge in [-0.05, 0) is 48.2 Å². The Morgan fingerprint density at radius 2 is 1.63 bits per heavy atom. The summed E-state index contributed by atoms with van der Waals surface area (Å²) in [7, 11) is -1.64. The van der Waals surface area contributed by atoms with Crippen LogP contribution in [-0.4, -0.2) is 37.5 Å². The van der Waals surface area contributed by atoms with Crippen molar-refractivity contribution in [3.8, 4) is 0 Å². The first-order chi connectivity index (χ1) is 13.0. The molecule has 2 heterocycles. The standard InChI is InChI=1S/C12H15OSi.C8H14F3OSi/c1-11(12-7-3-2-4-8-12)14-10-6-5-9-13-14;9-8(10,11)4-3-7-13-6-2-1-5-12-13/h2-4,7-8H,1,5-6,9-10H2;1-7H2. The molecule has 2 fully saturated rings. The normalized spacial score (nSPS) is 19.2. The van der Waals surface area contributed by atoms with Gasteiger partial charge < -0.3 is 8.85 Å². The lowest BCUT2D eigenvalue weighted by atomic mass is 10.2. The summed E-state index contributed by atoms with van der Waals surface area (Å²) in [5, 5.41) is 1.23. The highest BCUT2D eigenvalue weighted by Crippen LogP contribution is 2.25. The van der Waals surface area contributed by atoms with Gasteiger partial charge in [0, 0.05) is 19.6 Å². The number of halogens is 3. The molecule has 0 amide bonds. The van der Waals surface area contributed by atoms with E-state index in [0.29, 0.717) is 6.04 Å². The minimum absolute atomic E-state index is 0.248. The molecule has 150 valence electrons. The van der Waals surface area contributed by atoms with Crippen LogP contribution in [-0.2, 0) is 8.85 Å². The van der Waals surface area contributed by atoms with Crippen molar-refractivity contribution in [3.63, 3.8) is 0 Å². The largest absolute Gasteiger partial charge is 0.417 e. The van der Waals surface area contributed by atoms with Gasteiger partial charge in [-0.3, -0.25) is 0 Å². The van der Waals surface area contributed by atoms with E-state index in [1.165, 1.54) is 29.6 Å². The lowest BCUT2D eigenvalue weighted by Crippen LogP contribution is -2.24. The molecule has 1 aromatic carbocycles. The highest BCUT2D eigenvalue weighted by Gasteiger charge is 2.27. The Balaban J connectivity index is 0.000000194. The summed E-state index contributed by atoms with van der Waals surface area (Å²) in [4.78, 5) is 0. The molecule has 0 spiro atoms. The van der Waals surface area contributed by atoms with E-state index >= 15 is 0 Å². The number of benzene rings is 1. The summed E-state index contributed by atoms with van der Waals surface area (Å²) in [6, 6.07) is 13.3. The molecule has 1 aromatic rings. The Morgan fingerprint density at radius 1 is 0.963 bits per heavy atom. The first kappa shape index (κ1) is 22.4. The molecule has 2 aliphatic rings. The first-order valence-electron chi connectivity index (χ1n) is 9.73. The molecular formula is C20H29F3O2Si2. The topological polar surface area (TPSA) is 18.5 Å². The molecule has 2 radical (unpaired) electrons. The maximum atomic E-state index is 11.8. The van der Waals surface area contributed by atoms with Gasteiger partial charge in [-0.2, -0.15) is 13.2 Å². The van der Waals surface area contributed by atoms with E-state index in [1.807, 2.05) is 6.07 Å². The minimum Gasteiger partial charge on any atom is -0.417 e. The van der Waals surface area contributed by atoms with Crippen molar-refractivity contribution in [2.45, 2.75) is 62.8 Å². The number of alkyl halides is 3. The van der Waals surface area contributed by atoms with Gasteiger partial charge >= 0.3 is 6.18 Å². The predicted molar refractivity (Wildman–Crippen MR) is 107 cm³/mol. The number of hydrogen-bond acceptors (Lipinski definition) is 2. The fourth-order valence-electron chi connectivity index (χ4n) is 3.09. The highest BCUT2D eigenvalue weighted by molar-refractivity contribution is 6.73. The fourth-order valence-corrected chi connectivity index (χ4v) is 7.35. The maximum Gasteiger partial charge on any atom is 0.389 e. The minimum atomic E-state index is -3.99. The monoisotopic (exact) mass is 414 g/mol. The van der Waals surface area contributed by atoms with Gasteiger partial charge in [-0.25, -0.2) is 0 Å². The van der Waals surface area contributed by atoms with Crippen molar-refractivity contribution in [3.05, 3.63) is 42.5 Å². The molecule has 0 N–H and O–H groups in total. The van der Waals surface area contributed by atoms with Crippen molar-refractivity contribution in [1.29, 1.82) is 0 Å². The van der Waals surface area contributed by atoms with E-state index < -0.39 is 30.7 Å². The second-order valence-corrected chi connectivity index (χ2v) is 11.5. The highest BCUT2D eigenvalue weighted by atomic mass is 28.3. The van der Waals surface area contributed by atoms with Crippen molar-refractivity contribution in [1.82, 2.24) is 0 Å². The summed E-state index contributed by atoms with van der Waals surface area (Å²) in [6.07, 6.45) is 0.351. The fraction of sp³-hybridized carbons (Fsp3) is 0.600. The van der Waals surface area contributed by atoms with Crippen LogP contribution in [0.1, 0.15) is 44.1 Å². The van der Waals surface area contributed by atoms with Crippen molar-refractivity contribution >= 4 is 23.3 Å². The number of hydrogen-bond donors (Lipinski definition) is 0. The third-order valence-electron chi connectivity index (χ3n) is 4.61. The molecule has 0 atom stereocenters. The SMILES string of the molecule is C=C(c1ccccc1)[Si]1CCCCO1.FC(F)(F)CCC[Si]1CCCCO1. The molecular weight excluding hydrogens is 385 g/mol. The summed E-state index contributed by atoms with van der Waals surface area (Å²) >= 11 is 0. The lowest BCUT2D eigenvalue weighted by molar-refractivity contribution is -0.134. The van der Waals surface area contributed by atoms with Crippen LogP contribution in [0.2, 0.25) is 18.1 Å². The van der Waals surface area contributed by atoms with Gasteiger partial charge in [-0.1, -0.05) is 49.8 Å². The Kier molecular flexibility index (Phi) is 9.82. The first-order valence-corrected chi connectivity index (χ1v) is 13.2. The average Bonchev–Trinajstić information content (AvgIpc) is 2.69. The third-order valence-corrected chi connectivity index (χ3v) is 9.36. The molecule has 0 unspecified atom stereocenters. The van der Waals surface area contributed by atoms with Crippen LogP contribution >= 0.6 is 0 Å². The van der Waals surface area contributed by atoms with Gasteiger partial charge in [0.25, 0.3) is 0 Å². The van der Waals surface area contributed by atoms with E-state index in [-0.39, 0.29) is 6.42 Å². The average molecular weight is 415 g/mol. The third kappa shape index (κ3) is 9.23. The van der Waals surface area contributed by atoms with Gasteiger partial charge in [0.15, 0.2) is 0 Å². The zero-order chi connectivity index (χ0) is 19.5. The Morgan fingerprint density at radius 3 is 2.19 bits per heavy atom. The lowest BCUT2D eigenvalue weighted by Gasteiger charge is -2.22. The van der Waals surface area contributed by atoms with Gasteiger partial charge in [0.2, 0.25) is 18.1 Å². The molecule has 0 aliphatic carbocycles. The van der Waals surface area contributed by atoms with E-state index in [9.17, 15) is 13.2 Å². The number of rotatable bonds is 5. The van der Waals surface area contributed by atoms with Crippen LogP contribution in [0.4, 0.5) is 13.2 Å². The molecule has 3 rings (SSSR count). The second-order valence-electron chi connectivity index (χ2n) is 6.89. The van der Waals surface area contributed by atoms with Gasteiger partial charge in [0.1, 0.15) is 0 Å². The molecule has 2 saturated heterocycles. The summed E-state index contributed by atoms with van der Waals surface area (Å²) in [5.74, 6) is 0. The predicted octanol–water partition coefficient (Wildman–Crippen LogP) is 6.17. The van der Waals surface area contributed by atoms with Crippen LogP contribution < -0.4 is 0 Å². The maximum absolute atomic E-state index is 11.8. The quantitative estimate of drug-likeness (QED) is 0.536. The van der Waals surface area contributed by atoms with Crippen LogP contribution in [0.3, 0.4) is 0 Å². The zero-order valence-electron chi connectivity index (χ0n) is 15.8. The summed E-state index contributed by atoms with van der Waals surface area (Å²) < 4.78 is 46.6. The van der Waals surface area contributed by atoms with Crippen molar-refractivity contribution < 1.29 is 22.0 Å². The summed E-state index contributed by atoms with van der Waals surface area (Å²) in [6.45, 7) is 5.86. The molecule has 2 aliphatic heterocycles. The van der Waals surface area contributed by atoms with E-state index in [4.69, 9.17) is 8.85 Å². The van der Waals surface area contributed by atoms with E-state index in [1.54, 1.807) is 0 Å². The zero-order valence-corrected chi connectivity index (χ0v) is 17.8. The van der Waals surface area contributed by atoms with Crippen LogP contribution in [0.5, 0.6) is 0 Å². The Bertz CT molecular complexity index is 540. The molecule has 7 heteroatoms.